The van der Waals surface area contributed by atoms with E-state index in [4.69, 9.17) is 17.3 Å². The molecule has 1 aromatic carbocycles. The summed E-state index contributed by atoms with van der Waals surface area (Å²) in [5, 5.41) is 7.06. The van der Waals surface area contributed by atoms with E-state index >= 15 is 0 Å². The average Bonchev–Trinajstić information content (AvgIpc) is 2.45. The lowest BCUT2D eigenvalue weighted by Gasteiger charge is -2.12. The molecule has 20 heavy (non-hydrogen) atoms. The van der Waals surface area contributed by atoms with Crippen molar-refractivity contribution in [2.45, 2.75) is 19.8 Å². The van der Waals surface area contributed by atoms with E-state index in [1.807, 2.05) is 24.3 Å². The highest BCUT2D eigenvalue weighted by Crippen LogP contribution is 2.26. The molecule has 0 aliphatic carbocycles. The monoisotopic (exact) mass is 291 g/mol. The number of benzene rings is 1. The lowest BCUT2D eigenvalue weighted by Crippen LogP contribution is -2.08. The van der Waals surface area contributed by atoms with E-state index in [0.717, 1.165) is 25.1 Å². The molecule has 0 aliphatic heterocycles. The van der Waals surface area contributed by atoms with Crippen molar-refractivity contribution in [3.05, 3.63) is 35.6 Å². The van der Waals surface area contributed by atoms with Crippen molar-refractivity contribution < 1.29 is 0 Å². The molecule has 0 saturated heterocycles. The number of nitrogen functional groups attached to an aromatic ring is 1. The van der Waals surface area contributed by atoms with Crippen LogP contribution in [0.4, 0.5) is 23.0 Å². The number of aromatic nitrogens is 2. The number of nitrogens with zero attached hydrogens (tertiary/aromatic N) is 2. The number of unbranched alkanes of at least 4 members (excludes halogenated alkanes) is 1. The Morgan fingerprint density at radius 1 is 1.15 bits per heavy atom. The second kappa shape index (κ2) is 6.96. The SMILES string of the molecule is CCCCNc1ncnc(Nc2ccc(Cl)cc2)c1N. The number of nitrogens with one attached hydrogen (secondary N) is 2. The van der Waals surface area contributed by atoms with Crippen molar-refractivity contribution >= 4 is 34.6 Å². The van der Waals surface area contributed by atoms with Crippen molar-refractivity contribution in [3.8, 4) is 0 Å². The van der Waals surface area contributed by atoms with Crippen molar-refractivity contribution in [2.24, 2.45) is 0 Å². The minimum Gasteiger partial charge on any atom is -0.393 e. The molecule has 0 atom stereocenters. The first-order valence-corrected chi connectivity index (χ1v) is 6.95. The number of anilines is 4. The molecule has 5 nitrogen and oxygen atoms in total. The zero-order valence-electron chi connectivity index (χ0n) is 11.4. The predicted molar refractivity (Wildman–Crippen MR) is 84.6 cm³/mol. The molecule has 6 heteroatoms. The third-order valence-corrected chi connectivity index (χ3v) is 3.07. The number of hydrogen-bond acceptors (Lipinski definition) is 5. The second-order valence-electron chi connectivity index (χ2n) is 4.40. The van der Waals surface area contributed by atoms with Crippen molar-refractivity contribution in [1.29, 1.82) is 0 Å². The van der Waals surface area contributed by atoms with Gasteiger partial charge in [0.2, 0.25) is 0 Å². The van der Waals surface area contributed by atoms with E-state index in [-0.39, 0.29) is 0 Å². The maximum Gasteiger partial charge on any atom is 0.159 e. The maximum absolute atomic E-state index is 6.07. The largest absolute Gasteiger partial charge is 0.393 e. The molecule has 0 spiro atoms. The van der Waals surface area contributed by atoms with Crippen LogP contribution in [-0.2, 0) is 0 Å². The molecule has 2 aromatic rings. The van der Waals surface area contributed by atoms with E-state index in [9.17, 15) is 0 Å². The summed E-state index contributed by atoms with van der Waals surface area (Å²) in [6, 6.07) is 7.35. The van der Waals surface area contributed by atoms with Crippen LogP contribution < -0.4 is 16.4 Å². The molecular weight excluding hydrogens is 274 g/mol. The van der Waals surface area contributed by atoms with Crippen LogP contribution in [0.15, 0.2) is 30.6 Å². The number of halogens is 1. The summed E-state index contributed by atoms with van der Waals surface area (Å²) in [6.45, 7) is 2.98. The van der Waals surface area contributed by atoms with Gasteiger partial charge < -0.3 is 16.4 Å². The third-order valence-electron chi connectivity index (χ3n) is 2.81. The number of nitrogens with two attached hydrogens (primary N) is 1. The Morgan fingerprint density at radius 2 is 1.85 bits per heavy atom. The molecule has 0 saturated carbocycles. The Balaban J connectivity index is 2.11. The fourth-order valence-corrected chi connectivity index (χ4v) is 1.82. The Labute approximate surface area is 123 Å². The van der Waals surface area contributed by atoms with Gasteiger partial charge in [-0.15, -0.1) is 0 Å². The van der Waals surface area contributed by atoms with Gasteiger partial charge in [0.05, 0.1) is 0 Å². The summed E-state index contributed by atoms with van der Waals surface area (Å²) in [6.07, 6.45) is 3.68. The Bertz CT molecular complexity index is 556. The molecule has 1 aromatic heterocycles. The summed E-state index contributed by atoms with van der Waals surface area (Å²) in [7, 11) is 0. The van der Waals surface area contributed by atoms with Crippen LogP contribution in [-0.4, -0.2) is 16.5 Å². The van der Waals surface area contributed by atoms with Crippen molar-refractivity contribution in [2.75, 3.05) is 22.9 Å². The van der Waals surface area contributed by atoms with Gasteiger partial charge in [0, 0.05) is 17.3 Å². The lowest BCUT2D eigenvalue weighted by molar-refractivity contribution is 0.831. The summed E-state index contributed by atoms with van der Waals surface area (Å²) in [5.74, 6) is 1.24. The average molecular weight is 292 g/mol. The normalized spacial score (nSPS) is 10.3. The summed E-state index contributed by atoms with van der Waals surface area (Å²) in [4.78, 5) is 8.32. The minimum absolute atomic E-state index is 0.513. The highest BCUT2D eigenvalue weighted by Gasteiger charge is 2.07. The van der Waals surface area contributed by atoms with Crippen LogP contribution in [0, 0.1) is 0 Å². The smallest absolute Gasteiger partial charge is 0.159 e. The van der Waals surface area contributed by atoms with Crippen LogP contribution in [0.2, 0.25) is 5.02 Å². The van der Waals surface area contributed by atoms with Crippen LogP contribution >= 0.6 is 11.6 Å². The molecule has 0 aliphatic rings. The van der Waals surface area contributed by atoms with E-state index < -0.39 is 0 Å². The summed E-state index contributed by atoms with van der Waals surface area (Å²) >= 11 is 5.85. The van der Waals surface area contributed by atoms with Crippen LogP contribution in [0.3, 0.4) is 0 Å². The van der Waals surface area contributed by atoms with Gasteiger partial charge in [0.1, 0.15) is 12.0 Å². The zero-order valence-corrected chi connectivity index (χ0v) is 12.1. The third kappa shape index (κ3) is 3.74. The Morgan fingerprint density at radius 3 is 2.55 bits per heavy atom. The first kappa shape index (κ1) is 14.4. The first-order chi connectivity index (χ1) is 9.70. The van der Waals surface area contributed by atoms with E-state index in [1.54, 1.807) is 0 Å². The van der Waals surface area contributed by atoms with Crippen LogP contribution in [0.25, 0.3) is 0 Å². The van der Waals surface area contributed by atoms with E-state index in [2.05, 4.69) is 27.5 Å². The topological polar surface area (TPSA) is 75.9 Å². The second-order valence-corrected chi connectivity index (χ2v) is 4.83. The van der Waals surface area contributed by atoms with Gasteiger partial charge in [-0.25, -0.2) is 9.97 Å². The van der Waals surface area contributed by atoms with Gasteiger partial charge in [-0.1, -0.05) is 24.9 Å². The van der Waals surface area contributed by atoms with Crippen molar-refractivity contribution in [1.82, 2.24) is 9.97 Å². The Hall–Kier alpha value is -2.01. The number of hydrogen-bond donors (Lipinski definition) is 3. The molecule has 0 radical (unpaired) electrons. The molecule has 106 valence electrons. The highest BCUT2D eigenvalue weighted by atomic mass is 35.5. The summed E-state index contributed by atoms with van der Waals surface area (Å²) < 4.78 is 0. The molecular formula is C14H18ClN5. The van der Waals surface area contributed by atoms with Crippen LogP contribution in [0.5, 0.6) is 0 Å². The Kier molecular flexibility index (Phi) is 5.01. The first-order valence-electron chi connectivity index (χ1n) is 6.57. The van der Waals surface area contributed by atoms with E-state index in [0.29, 0.717) is 22.3 Å². The molecule has 1 heterocycles. The molecule has 0 amide bonds. The fraction of sp³-hybridized carbons (Fsp3) is 0.286. The lowest BCUT2D eigenvalue weighted by atomic mass is 10.3. The maximum atomic E-state index is 6.07. The van der Waals surface area contributed by atoms with Crippen LogP contribution in [0.1, 0.15) is 19.8 Å². The molecule has 0 unspecified atom stereocenters. The molecule has 4 N–H and O–H groups in total. The van der Waals surface area contributed by atoms with Gasteiger partial charge in [-0.05, 0) is 30.7 Å². The molecule has 0 fully saturated rings. The summed E-state index contributed by atoms with van der Waals surface area (Å²) in [5.41, 5.74) is 7.45. The van der Waals surface area contributed by atoms with Gasteiger partial charge >= 0.3 is 0 Å². The van der Waals surface area contributed by atoms with Crippen molar-refractivity contribution in [3.63, 3.8) is 0 Å². The fourth-order valence-electron chi connectivity index (χ4n) is 1.69. The standard InChI is InChI=1S/C14H18ClN5/c1-2-3-8-17-13-12(16)14(19-9-18-13)20-11-6-4-10(15)5-7-11/h4-7,9H,2-3,8,16H2,1H3,(H2,17,18,19,20). The minimum atomic E-state index is 0.513. The highest BCUT2D eigenvalue weighted by molar-refractivity contribution is 6.30. The van der Waals surface area contributed by atoms with Gasteiger partial charge in [0.15, 0.2) is 11.6 Å². The number of rotatable bonds is 6. The van der Waals surface area contributed by atoms with E-state index in [1.165, 1.54) is 6.33 Å². The molecule has 2 rings (SSSR count). The van der Waals surface area contributed by atoms with Gasteiger partial charge in [0.25, 0.3) is 0 Å². The zero-order chi connectivity index (χ0) is 14.4. The van der Waals surface area contributed by atoms with Gasteiger partial charge in [-0.2, -0.15) is 0 Å². The predicted octanol–water partition coefficient (Wildman–Crippen LogP) is 3.67. The van der Waals surface area contributed by atoms with Gasteiger partial charge in [-0.3, -0.25) is 0 Å². The quantitative estimate of drug-likeness (QED) is 0.708. The molecule has 0 bridgehead atoms.